The van der Waals surface area contributed by atoms with Crippen molar-refractivity contribution in [1.29, 1.82) is 5.41 Å². The molecule has 0 aliphatic heterocycles. The van der Waals surface area contributed by atoms with Gasteiger partial charge < -0.3 is 4.42 Å². The molecule has 4 heteroatoms. The monoisotopic (exact) mass is 265 g/mol. The summed E-state index contributed by atoms with van der Waals surface area (Å²) in [5.74, 6) is 0.454. The Bertz CT molecular complexity index is 780. The van der Waals surface area contributed by atoms with Crippen LogP contribution in [0.25, 0.3) is 17.1 Å². The van der Waals surface area contributed by atoms with E-state index in [0.29, 0.717) is 5.89 Å². The lowest BCUT2D eigenvalue weighted by Crippen LogP contribution is -2.13. The van der Waals surface area contributed by atoms with E-state index in [9.17, 15) is 0 Å². The van der Waals surface area contributed by atoms with Gasteiger partial charge in [0.15, 0.2) is 0 Å². The van der Waals surface area contributed by atoms with Crippen LogP contribution < -0.4 is 5.68 Å². The maximum absolute atomic E-state index is 7.91. The number of hydrogen-bond donors (Lipinski definition) is 1. The number of hydrogen-bond acceptors (Lipinski definition) is 3. The number of rotatable bonds is 2. The van der Waals surface area contributed by atoms with Crippen molar-refractivity contribution in [3.63, 3.8) is 0 Å². The van der Waals surface area contributed by atoms with E-state index in [0.717, 1.165) is 11.3 Å². The minimum absolute atomic E-state index is 0.0180. The van der Waals surface area contributed by atoms with Gasteiger partial charge >= 0.3 is 5.68 Å². The second-order valence-corrected chi connectivity index (χ2v) is 4.83. The lowest BCUT2D eigenvalue weighted by atomic mass is 10.1. The Balaban J connectivity index is 2.05. The summed E-state index contributed by atoms with van der Waals surface area (Å²) in [7, 11) is 0. The Morgan fingerprint density at radius 2 is 1.45 bits per heavy atom. The van der Waals surface area contributed by atoms with E-state index in [1.165, 1.54) is 15.8 Å². The van der Waals surface area contributed by atoms with E-state index in [-0.39, 0.29) is 5.68 Å². The van der Waals surface area contributed by atoms with Gasteiger partial charge in [0, 0.05) is 5.56 Å². The summed E-state index contributed by atoms with van der Waals surface area (Å²) >= 11 is 0. The Morgan fingerprint density at radius 3 is 2.05 bits per heavy atom. The van der Waals surface area contributed by atoms with E-state index in [4.69, 9.17) is 9.83 Å². The predicted molar refractivity (Wildman–Crippen MR) is 76.6 cm³/mol. The summed E-state index contributed by atoms with van der Waals surface area (Å²) < 4.78 is 6.94. The van der Waals surface area contributed by atoms with Gasteiger partial charge in [-0.2, -0.15) is 4.68 Å². The van der Waals surface area contributed by atoms with Crippen LogP contribution in [0.3, 0.4) is 0 Å². The average molecular weight is 265 g/mol. The minimum Gasteiger partial charge on any atom is -0.403 e. The normalized spacial score (nSPS) is 10.7. The van der Waals surface area contributed by atoms with E-state index in [1.807, 2.05) is 62.4 Å². The second-order valence-electron chi connectivity index (χ2n) is 4.83. The topological polar surface area (TPSA) is 54.8 Å². The second kappa shape index (κ2) is 4.81. The molecule has 2 aromatic carbocycles. The molecule has 0 fully saturated rings. The van der Waals surface area contributed by atoms with Crippen molar-refractivity contribution in [3.05, 3.63) is 65.3 Å². The van der Waals surface area contributed by atoms with E-state index >= 15 is 0 Å². The third-order valence-electron chi connectivity index (χ3n) is 3.15. The summed E-state index contributed by atoms with van der Waals surface area (Å²) in [5.41, 5.74) is 4.06. The Hall–Kier alpha value is -2.62. The number of benzene rings is 2. The van der Waals surface area contributed by atoms with Gasteiger partial charge in [0.1, 0.15) is 0 Å². The van der Waals surface area contributed by atoms with Gasteiger partial charge in [-0.1, -0.05) is 35.4 Å². The van der Waals surface area contributed by atoms with Crippen LogP contribution in [0.15, 0.2) is 52.9 Å². The molecule has 0 atom stereocenters. The summed E-state index contributed by atoms with van der Waals surface area (Å²) in [4.78, 5) is 0. The molecule has 0 bridgehead atoms. The van der Waals surface area contributed by atoms with Gasteiger partial charge in [0.05, 0.1) is 5.69 Å². The zero-order valence-electron chi connectivity index (χ0n) is 11.4. The van der Waals surface area contributed by atoms with Crippen LogP contribution in [0.2, 0.25) is 0 Å². The lowest BCUT2D eigenvalue weighted by molar-refractivity contribution is 0.487. The molecule has 1 heterocycles. The van der Waals surface area contributed by atoms with Gasteiger partial charge in [-0.25, -0.2) is 5.41 Å². The van der Waals surface area contributed by atoms with E-state index in [1.54, 1.807) is 0 Å². The zero-order valence-corrected chi connectivity index (χ0v) is 11.4. The van der Waals surface area contributed by atoms with Crippen molar-refractivity contribution in [2.24, 2.45) is 0 Å². The third-order valence-corrected chi connectivity index (χ3v) is 3.15. The van der Waals surface area contributed by atoms with Gasteiger partial charge in [-0.15, -0.1) is 5.10 Å². The molecule has 0 aliphatic carbocycles. The lowest BCUT2D eigenvalue weighted by Gasteiger charge is -1.99. The van der Waals surface area contributed by atoms with Gasteiger partial charge in [0.2, 0.25) is 5.89 Å². The number of aromatic nitrogens is 2. The zero-order chi connectivity index (χ0) is 14.1. The van der Waals surface area contributed by atoms with Crippen LogP contribution in [0.4, 0.5) is 0 Å². The molecule has 0 spiro atoms. The molecular weight excluding hydrogens is 250 g/mol. The summed E-state index contributed by atoms with van der Waals surface area (Å²) in [6.45, 7) is 4.05. The highest BCUT2D eigenvalue weighted by atomic mass is 16.4. The molecule has 0 saturated heterocycles. The Labute approximate surface area is 116 Å². The highest BCUT2D eigenvalue weighted by molar-refractivity contribution is 5.53. The summed E-state index contributed by atoms with van der Waals surface area (Å²) in [5, 5.41) is 12.3. The average Bonchev–Trinajstić information content (AvgIpc) is 2.82. The van der Waals surface area contributed by atoms with Crippen molar-refractivity contribution in [1.82, 2.24) is 9.78 Å². The number of nitrogens with zero attached hydrogens (tertiary/aromatic N) is 2. The smallest absolute Gasteiger partial charge is 0.317 e. The Morgan fingerprint density at radius 1 is 0.900 bits per heavy atom. The highest BCUT2D eigenvalue weighted by Crippen LogP contribution is 2.17. The maximum Gasteiger partial charge on any atom is 0.317 e. The molecule has 20 heavy (non-hydrogen) atoms. The SMILES string of the molecule is Cc1ccc(-c2nn(-c3ccc(C)cc3)c(=N)o2)cc1. The van der Waals surface area contributed by atoms with Gasteiger partial charge in [0.25, 0.3) is 0 Å². The molecule has 1 aromatic heterocycles. The standard InChI is InChI=1S/C16H15N3O/c1-11-3-7-13(8-4-11)15-18-19(16(17)20-15)14-9-5-12(2)6-10-14/h3-10,17H,1-2H3. The summed E-state index contributed by atoms with van der Waals surface area (Å²) in [6.07, 6.45) is 0. The molecule has 0 saturated carbocycles. The Kier molecular flexibility index (Phi) is 2.99. The fourth-order valence-electron chi connectivity index (χ4n) is 1.97. The molecular formula is C16H15N3O. The number of nitrogens with one attached hydrogen (secondary N) is 1. The first-order chi connectivity index (χ1) is 9.63. The van der Waals surface area contributed by atoms with Crippen molar-refractivity contribution >= 4 is 0 Å². The van der Waals surface area contributed by atoms with Crippen LogP contribution >= 0.6 is 0 Å². The fraction of sp³-hybridized carbons (Fsp3) is 0.125. The quantitative estimate of drug-likeness (QED) is 0.773. The maximum atomic E-state index is 7.91. The van der Waals surface area contributed by atoms with Crippen molar-refractivity contribution < 1.29 is 4.42 Å². The fourth-order valence-corrected chi connectivity index (χ4v) is 1.97. The first kappa shape index (κ1) is 12.4. The van der Waals surface area contributed by atoms with Gasteiger partial charge in [-0.05, 0) is 38.1 Å². The minimum atomic E-state index is 0.0180. The largest absolute Gasteiger partial charge is 0.403 e. The van der Waals surface area contributed by atoms with Crippen LogP contribution in [-0.4, -0.2) is 9.78 Å². The van der Waals surface area contributed by atoms with E-state index in [2.05, 4.69) is 5.10 Å². The molecule has 0 amide bonds. The van der Waals surface area contributed by atoms with Crippen molar-refractivity contribution in [3.8, 4) is 17.1 Å². The van der Waals surface area contributed by atoms with Crippen molar-refractivity contribution in [2.75, 3.05) is 0 Å². The highest BCUT2D eigenvalue weighted by Gasteiger charge is 2.09. The van der Waals surface area contributed by atoms with Crippen LogP contribution in [0.1, 0.15) is 11.1 Å². The molecule has 3 rings (SSSR count). The molecule has 1 N–H and O–H groups in total. The van der Waals surface area contributed by atoms with Crippen molar-refractivity contribution in [2.45, 2.75) is 13.8 Å². The predicted octanol–water partition coefficient (Wildman–Crippen LogP) is 3.23. The number of aryl methyl sites for hydroxylation is 2. The van der Waals surface area contributed by atoms with Crippen LogP contribution in [-0.2, 0) is 0 Å². The van der Waals surface area contributed by atoms with Crippen LogP contribution in [0, 0.1) is 19.3 Å². The first-order valence-corrected chi connectivity index (χ1v) is 6.42. The molecule has 4 nitrogen and oxygen atoms in total. The van der Waals surface area contributed by atoms with E-state index < -0.39 is 0 Å². The molecule has 100 valence electrons. The molecule has 0 radical (unpaired) electrons. The molecule has 3 aromatic rings. The first-order valence-electron chi connectivity index (χ1n) is 6.42. The molecule has 0 unspecified atom stereocenters. The molecule has 0 aliphatic rings. The summed E-state index contributed by atoms with van der Waals surface area (Å²) in [6, 6.07) is 15.7. The third kappa shape index (κ3) is 2.28. The van der Waals surface area contributed by atoms with Gasteiger partial charge in [-0.3, -0.25) is 0 Å². The van der Waals surface area contributed by atoms with Crippen LogP contribution in [0.5, 0.6) is 0 Å².